The van der Waals surface area contributed by atoms with Crippen molar-refractivity contribution in [1.82, 2.24) is 0 Å². The Labute approximate surface area is 125 Å². The Kier molecular flexibility index (Phi) is 3.31. The lowest BCUT2D eigenvalue weighted by atomic mass is 10.1. The van der Waals surface area contributed by atoms with Crippen molar-refractivity contribution in [1.29, 1.82) is 0 Å². The van der Waals surface area contributed by atoms with E-state index in [9.17, 15) is 14.4 Å². The van der Waals surface area contributed by atoms with Crippen molar-refractivity contribution >= 4 is 34.3 Å². The Balaban J connectivity index is 1.94. The van der Waals surface area contributed by atoms with Gasteiger partial charge in [-0.1, -0.05) is 24.3 Å². The third-order valence-electron chi connectivity index (χ3n) is 3.33. The number of nitrogens with zero attached hydrogens (tertiary/aromatic N) is 1. The first-order valence-electron chi connectivity index (χ1n) is 6.33. The maximum Gasteiger partial charge on any atom is 0.266 e. The molecule has 1 aliphatic rings. The second-order valence-corrected chi connectivity index (χ2v) is 5.11. The predicted octanol–water partition coefficient (Wildman–Crippen LogP) is 2.80. The fourth-order valence-electron chi connectivity index (χ4n) is 2.35. The number of carbonyl (C=O) groups excluding carboxylic acids is 3. The van der Waals surface area contributed by atoms with E-state index in [1.807, 2.05) is 0 Å². The van der Waals surface area contributed by atoms with Crippen molar-refractivity contribution in [3.63, 3.8) is 0 Å². The summed E-state index contributed by atoms with van der Waals surface area (Å²) in [5.41, 5.74) is 2.02. The smallest absolute Gasteiger partial charge is 0.266 e. The number of carbonyl (C=O) groups is 3. The molecule has 0 spiro atoms. The van der Waals surface area contributed by atoms with Crippen molar-refractivity contribution in [2.24, 2.45) is 0 Å². The standard InChI is InChI=1S/C16H10ClNO3/c17-14(19)9-10-5-7-11(8-6-10)18-15(20)12-3-1-2-4-13(12)16(18)21/h1-8H,9H2. The van der Waals surface area contributed by atoms with E-state index in [-0.39, 0.29) is 18.2 Å². The van der Waals surface area contributed by atoms with Gasteiger partial charge in [-0.25, -0.2) is 4.90 Å². The van der Waals surface area contributed by atoms with E-state index in [4.69, 9.17) is 11.6 Å². The molecule has 104 valence electrons. The molecule has 2 amide bonds. The zero-order valence-corrected chi connectivity index (χ0v) is 11.6. The molecule has 2 aromatic rings. The van der Waals surface area contributed by atoms with Crippen molar-refractivity contribution in [2.45, 2.75) is 6.42 Å². The van der Waals surface area contributed by atoms with Crippen LogP contribution in [0.4, 0.5) is 5.69 Å². The molecular weight excluding hydrogens is 290 g/mol. The Bertz CT molecular complexity index is 717. The van der Waals surface area contributed by atoms with Gasteiger partial charge in [0.1, 0.15) is 0 Å². The molecule has 0 bridgehead atoms. The van der Waals surface area contributed by atoms with Crippen LogP contribution in [0.3, 0.4) is 0 Å². The van der Waals surface area contributed by atoms with Gasteiger partial charge >= 0.3 is 0 Å². The van der Waals surface area contributed by atoms with Gasteiger partial charge in [0.25, 0.3) is 11.8 Å². The van der Waals surface area contributed by atoms with Crippen molar-refractivity contribution in [3.05, 3.63) is 65.2 Å². The Morgan fingerprint density at radius 1 is 0.905 bits per heavy atom. The van der Waals surface area contributed by atoms with Crippen molar-refractivity contribution in [2.75, 3.05) is 4.90 Å². The van der Waals surface area contributed by atoms with E-state index in [2.05, 4.69) is 0 Å². The normalized spacial score (nSPS) is 13.5. The van der Waals surface area contributed by atoms with Gasteiger partial charge in [0.15, 0.2) is 0 Å². The van der Waals surface area contributed by atoms with E-state index < -0.39 is 5.24 Å². The third kappa shape index (κ3) is 2.34. The number of halogens is 1. The fraction of sp³-hybridized carbons (Fsp3) is 0.0625. The van der Waals surface area contributed by atoms with Crippen molar-refractivity contribution in [3.8, 4) is 0 Å². The zero-order chi connectivity index (χ0) is 15.0. The Morgan fingerprint density at radius 3 is 1.90 bits per heavy atom. The highest BCUT2D eigenvalue weighted by Crippen LogP contribution is 2.28. The number of fused-ring (bicyclic) bond motifs is 1. The highest BCUT2D eigenvalue weighted by molar-refractivity contribution is 6.63. The summed E-state index contributed by atoms with van der Waals surface area (Å²) in [5, 5.41) is -0.455. The summed E-state index contributed by atoms with van der Waals surface area (Å²) in [4.78, 5) is 36.6. The van der Waals surface area contributed by atoms with Crippen LogP contribution in [-0.2, 0) is 11.2 Å². The first-order chi connectivity index (χ1) is 10.1. The highest BCUT2D eigenvalue weighted by atomic mass is 35.5. The van der Waals surface area contributed by atoms with Gasteiger partial charge in [-0.05, 0) is 41.4 Å². The molecule has 5 heteroatoms. The number of rotatable bonds is 3. The Hall–Kier alpha value is -2.46. The van der Waals surface area contributed by atoms with Crippen LogP contribution < -0.4 is 4.90 Å². The summed E-state index contributed by atoms with van der Waals surface area (Å²) >= 11 is 5.33. The maximum atomic E-state index is 12.3. The third-order valence-corrected chi connectivity index (χ3v) is 3.47. The first-order valence-corrected chi connectivity index (χ1v) is 6.71. The molecule has 1 aliphatic heterocycles. The van der Waals surface area contributed by atoms with E-state index in [1.165, 1.54) is 0 Å². The quantitative estimate of drug-likeness (QED) is 0.647. The predicted molar refractivity (Wildman–Crippen MR) is 78.6 cm³/mol. The minimum Gasteiger partial charge on any atom is -0.281 e. The lowest BCUT2D eigenvalue weighted by Crippen LogP contribution is -2.29. The van der Waals surface area contributed by atoms with Crippen molar-refractivity contribution < 1.29 is 14.4 Å². The van der Waals surface area contributed by atoms with Gasteiger partial charge < -0.3 is 0 Å². The number of hydrogen-bond acceptors (Lipinski definition) is 3. The summed E-state index contributed by atoms with van der Waals surface area (Å²) in [6.45, 7) is 0. The Morgan fingerprint density at radius 2 is 1.43 bits per heavy atom. The van der Waals surface area contributed by atoms with E-state index >= 15 is 0 Å². The van der Waals surface area contributed by atoms with Crippen LogP contribution in [0.2, 0.25) is 0 Å². The number of anilines is 1. The van der Waals surface area contributed by atoms with Crippen LogP contribution in [0, 0.1) is 0 Å². The molecule has 0 saturated heterocycles. The molecule has 1 heterocycles. The molecule has 0 atom stereocenters. The van der Waals surface area contributed by atoms with Crippen LogP contribution >= 0.6 is 11.6 Å². The summed E-state index contributed by atoms with van der Waals surface area (Å²) in [5.74, 6) is -0.673. The molecule has 0 radical (unpaired) electrons. The van der Waals surface area contributed by atoms with Gasteiger partial charge in [-0.15, -0.1) is 0 Å². The maximum absolute atomic E-state index is 12.3. The average molecular weight is 300 g/mol. The van der Waals surface area contributed by atoms with Gasteiger partial charge in [-0.3, -0.25) is 14.4 Å². The van der Waals surface area contributed by atoms with Crippen LogP contribution in [-0.4, -0.2) is 17.1 Å². The van der Waals surface area contributed by atoms with Crippen LogP contribution in [0.1, 0.15) is 26.3 Å². The second kappa shape index (κ2) is 5.14. The van der Waals surface area contributed by atoms with E-state index in [0.29, 0.717) is 16.8 Å². The van der Waals surface area contributed by atoms with Crippen LogP contribution in [0.15, 0.2) is 48.5 Å². The molecule has 0 unspecified atom stereocenters. The first kappa shape index (κ1) is 13.5. The SMILES string of the molecule is O=C(Cl)Cc1ccc(N2C(=O)c3ccccc3C2=O)cc1. The second-order valence-electron chi connectivity index (χ2n) is 4.69. The molecule has 0 saturated carbocycles. The minimum absolute atomic E-state index is 0.115. The fourth-order valence-corrected chi connectivity index (χ4v) is 2.50. The number of amides is 2. The lowest BCUT2D eigenvalue weighted by molar-refractivity contribution is -0.111. The molecule has 0 aliphatic carbocycles. The molecule has 0 N–H and O–H groups in total. The van der Waals surface area contributed by atoms with Gasteiger partial charge in [0.2, 0.25) is 5.24 Å². The zero-order valence-electron chi connectivity index (χ0n) is 10.9. The average Bonchev–Trinajstić information content (AvgIpc) is 2.72. The van der Waals surface area contributed by atoms with Crippen LogP contribution in [0.25, 0.3) is 0 Å². The van der Waals surface area contributed by atoms with Gasteiger partial charge in [0, 0.05) is 6.42 Å². The highest BCUT2D eigenvalue weighted by Gasteiger charge is 2.36. The van der Waals surface area contributed by atoms with Gasteiger partial charge in [0.05, 0.1) is 16.8 Å². The monoisotopic (exact) mass is 299 g/mol. The molecule has 0 fully saturated rings. The molecule has 21 heavy (non-hydrogen) atoms. The number of hydrogen-bond donors (Lipinski definition) is 0. The summed E-state index contributed by atoms with van der Waals surface area (Å²) in [6.07, 6.45) is 0.115. The number of imide groups is 1. The molecule has 3 rings (SSSR count). The molecule has 4 nitrogen and oxygen atoms in total. The molecule has 0 aromatic heterocycles. The summed E-state index contributed by atoms with van der Waals surface area (Å²) in [6, 6.07) is 13.4. The van der Waals surface area contributed by atoms with E-state index in [0.717, 1.165) is 10.5 Å². The summed E-state index contributed by atoms with van der Waals surface area (Å²) in [7, 11) is 0. The van der Waals surface area contributed by atoms with E-state index in [1.54, 1.807) is 48.5 Å². The topological polar surface area (TPSA) is 54.5 Å². The summed E-state index contributed by atoms with van der Waals surface area (Å²) < 4.78 is 0. The molecular formula is C16H10ClNO3. The lowest BCUT2D eigenvalue weighted by Gasteiger charge is -2.14. The number of benzene rings is 2. The van der Waals surface area contributed by atoms with Gasteiger partial charge in [-0.2, -0.15) is 0 Å². The largest absolute Gasteiger partial charge is 0.281 e. The molecule has 2 aromatic carbocycles. The minimum atomic E-state index is -0.455. The van der Waals surface area contributed by atoms with Crippen LogP contribution in [0.5, 0.6) is 0 Å².